The van der Waals surface area contributed by atoms with Crippen LogP contribution in [-0.2, 0) is 21.2 Å². The van der Waals surface area contributed by atoms with E-state index < -0.39 is 10.0 Å². The average molecular weight is 407 g/mol. The molecule has 1 aromatic rings. The fourth-order valence-corrected chi connectivity index (χ4v) is 6.15. The molecule has 0 N–H and O–H groups in total. The summed E-state index contributed by atoms with van der Waals surface area (Å²) in [6, 6.07) is 10.3. The van der Waals surface area contributed by atoms with E-state index in [2.05, 4.69) is 0 Å². The molecule has 0 spiro atoms. The number of benzene rings is 1. The second-order valence-electron chi connectivity index (χ2n) is 8.34. The zero-order valence-corrected chi connectivity index (χ0v) is 17.9. The van der Waals surface area contributed by atoms with Gasteiger partial charge >= 0.3 is 0 Å². The Morgan fingerprint density at radius 1 is 1.07 bits per heavy atom. The molecule has 3 rings (SSSR count). The molecule has 0 radical (unpaired) electrons. The van der Waals surface area contributed by atoms with E-state index in [0.717, 1.165) is 32.1 Å². The molecular formula is C22H34N2O3S. The van der Waals surface area contributed by atoms with Crippen LogP contribution in [0.1, 0.15) is 56.9 Å². The molecule has 1 atom stereocenters. The fraction of sp³-hybridized carbons (Fsp3) is 0.682. The number of hydrogen-bond acceptors (Lipinski definition) is 3. The number of nitrogens with zero attached hydrogens (tertiary/aromatic N) is 2. The summed E-state index contributed by atoms with van der Waals surface area (Å²) in [6.45, 7) is 0.897. The van der Waals surface area contributed by atoms with E-state index >= 15 is 0 Å². The number of sulfonamides is 1. The Bertz CT molecular complexity index is 729. The van der Waals surface area contributed by atoms with Gasteiger partial charge in [-0.25, -0.2) is 12.7 Å². The molecule has 156 valence electrons. The lowest BCUT2D eigenvalue weighted by Crippen LogP contribution is -2.49. The summed E-state index contributed by atoms with van der Waals surface area (Å²) in [5, 5.41) is 0. The first-order chi connectivity index (χ1) is 13.5. The number of carbonyl (C=O) groups is 1. The predicted molar refractivity (Wildman–Crippen MR) is 112 cm³/mol. The quantitative estimate of drug-likeness (QED) is 0.697. The minimum absolute atomic E-state index is 0.135. The van der Waals surface area contributed by atoms with Gasteiger partial charge in [-0.3, -0.25) is 4.79 Å². The topological polar surface area (TPSA) is 57.7 Å². The highest BCUT2D eigenvalue weighted by atomic mass is 32.2. The minimum atomic E-state index is -3.31. The number of rotatable bonds is 7. The number of aryl methyl sites for hydroxylation is 1. The molecule has 1 aliphatic carbocycles. The largest absolute Gasteiger partial charge is 0.342 e. The van der Waals surface area contributed by atoms with Crippen LogP contribution in [0.2, 0.25) is 0 Å². The average Bonchev–Trinajstić information content (AvgIpc) is 2.74. The first kappa shape index (κ1) is 21.3. The maximum Gasteiger partial charge on any atom is 0.227 e. The molecule has 1 aromatic carbocycles. The molecule has 1 aliphatic heterocycles. The molecular weight excluding hydrogens is 372 g/mol. The second-order valence-corrected chi connectivity index (χ2v) is 10.4. The SMILES string of the molecule is CN(C(=O)[C@@H]1CCCN(S(=O)(=O)CCCc2ccccc2)C1)C1CCCCC1. The third-order valence-electron chi connectivity index (χ3n) is 6.31. The van der Waals surface area contributed by atoms with Crippen molar-refractivity contribution in [1.82, 2.24) is 9.21 Å². The van der Waals surface area contributed by atoms with Crippen LogP contribution in [0.5, 0.6) is 0 Å². The third-order valence-corrected chi connectivity index (χ3v) is 8.23. The molecule has 2 fully saturated rings. The molecule has 1 amide bonds. The van der Waals surface area contributed by atoms with Gasteiger partial charge in [0.2, 0.25) is 15.9 Å². The smallest absolute Gasteiger partial charge is 0.227 e. The highest BCUT2D eigenvalue weighted by Crippen LogP contribution is 2.26. The monoisotopic (exact) mass is 406 g/mol. The zero-order valence-electron chi connectivity index (χ0n) is 17.1. The Labute approximate surface area is 170 Å². The summed E-state index contributed by atoms with van der Waals surface area (Å²) >= 11 is 0. The van der Waals surface area contributed by atoms with Gasteiger partial charge in [0.1, 0.15) is 0 Å². The molecule has 1 heterocycles. The summed E-state index contributed by atoms with van der Waals surface area (Å²) in [5.41, 5.74) is 1.17. The lowest BCUT2D eigenvalue weighted by molar-refractivity contribution is -0.138. The first-order valence-electron chi connectivity index (χ1n) is 10.8. The summed E-state index contributed by atoms with van der Waals surface area (Å²) in [6.07, 6.45) is 8.75. The molecule has 0 bridgehead atoms. The van der Waals surface area contributed by atoms with Gasteiger partial charge in [-0.15, -0.1) is 0 Å². The number of amides is 1. The zero-order chi connectivity index (χ0) is 20.0. The fourth-order valence-electron chi connectivity index (χ4n) is 4.57. The minimum Gasteiger partial charge on any atom is -0.342 e. The Hall–Kier alpha value is -1.40. The molecule has 1 saturated carbocycles. The maximum absolute atomic E-state index is 13.0. The van der Waals surface area contributed by atoms with Crippen molar-refractivity contribution in [2.75, 3.05) is 25.9 Å². The van der Waals surface area contributed by atoms with Crippen LogP contribution in [0.4, 0.5) is 0 Å². The molecule has 0 aromatic heterocycles. The van der Waals surface area contributed by atoms with Gasteiger partial charge < -0.3 is 4.90 Å². The van der Waals surface area contributed by atoms with Crippen LogP contribution in [0.25, 0.3) is 0 Å². The normalized spacial score (nSPS) is 22.1. The Kier molecular flexibility index (Phi) is 7.52. The Morgan fingerprint density at radius 2 is 1.79 bits per heavy atom. The molecule has 1 saturated heterocycles. The van der Waals surface area contributed by atoms with Gasteiger partial charge in [0.15, 0.2) is 0 Å². The van der Waals surface area contributed by atoms with Crippen LogP contribution >= 0.6 is 0 Å². The van der Waals surface area contributed by atoms with Crippen molar-refractivity contribution in [3.8, 4) is 0 Å². The van der Waals surface area contributed by atoms with Crippen LogP contribution < -0.4 is 0 Å². The van der Waals surface area contributed by atoms with Gasteiger partial charge in [-0.2, -0.15) is 0 Å². The number of piperidine rings is 1. The Balaban J connectivity index is 1.53. The van der Waals surface area contributed by atoms with E-state index in [1.165, 1.54) is 24.8 Å². The van der Waals surface area contributed by atoms with E-state index in [-0.39, 0.29) is 17.6 Å². The number of hydrogen-bond donors (Lipinski definition) is 0. The van der Waals surface area contributed by atoms with Crippen LogP contribution in [0.15, 0.2) is 30.3 Å². The Morgan fingerprint density at radius 3 is 2.50 bits per heavy atom. The molecule has 28 heavy (non-hydrogen) atoms. The van der Waals surface area contributed by atoms with Crippen molar-refractivity contribution in [3.63, 3.8) is 0 Å². The van der Waals surface area contributed by atoms with Gasteiger partial charge in [0.25, 0.3) is 0 Å². The van der Waals surface area contributed by atoms with Crippen LogP contribution in [-0.4, -0.2) is 55.5 Å². The summed E-state index contributed by atoms with van der Waals surface area (Å²) in [7, 11) is -1.40. The van der Waals surface area contributed by atoms with Crippen LogP contribution in [0, 0.1) is 5.92 Å². The van der Waals surface area contributed by atoms with Crippen molar-refractivity contribution in [1.29, 1.82) is 0 Å². The molecule has 0 unspecified atom stereocenters. The van der Waals surface area contributed by atoms with E-state index in [1.807, 2.05) is 42.3 Å². The third kappa shape index (κ3) is 5.57. The van der Waals surface area contributed by atoms with E-state index in [9.17, 15) is 13.2 Å². The molecule has 5 nitrogen and oxygen atoms in total. The highest BCUT2D eigenvalue weighted by Gasteiger charge is 2.35. The molecule has 6 heteroatoms. The van der Waals surface area contributed by atoms with Crippen molar-refractivity contribution in [2.45, 2.75) is 63.8 Å². The lowest BCUT2D eigenvalue weighted by Gasteiger charge is -2.37. The lowest BCUT2D eigenvalue weighted by atomic mass is 9.92. The van der Waals surface area contributed by atoms with Crippen molar-refractivity contribution in [3.05, 3.63) is 35.9 Å². The van der Waals surface area contributed by atoms with Crippen molar-refractivity contribution >= 4 is 15.9 Å². The van der Waals surface area contributed by atoms with Gasteiger partial charge in [0, 0.05) is 26.2 Å². The second kappa shape index (κ2) is 9.88. The van der Waals surface area contributed by atoms with Crippen LogP contribution in [0.3, 0.4) is 0 Å². The summed E-state index contributed by atoms with van der Waals surface area (Å²) in [5.74, 6) is 0.0991. The van der Waals surface area contributed by atoms with Crippen molar-refractivity contribution in [2.24, 2.45) is 5.92 Å². The van der Waals surface area contributed by atoms with Gasteiger partial charge in [-0.1, -0.05) is 49.6 Å². The predicted octanol–water partition coefficient (Wildman–Crippen LogP) is 3.45. The standard InChI is InChI=1S/C22H34N2O3S/c1-23(21-14-6-3-7-15-21)22(25)20-13-8-16-24(18-20)28(26,27)17-9-12-19-10-4-2-5-11-19/h2,4-5,10-11,20-21H,3,6-9,12-18H2,1H3/t20-/m1/s1. The van der Waals surface area contributed by atoms with E-state index in [1.54, 1.807) is 4.31 Å². The number of carbonyl (C=O) groups excluding carboxylic acids is 1. The van der Waals surface area contributed by atoms with E-state index in [0.29, 0.717) is 25.6 Å². The summed E-state index contributed by atoms with van der Waals surface area (Å²) in [4.78, 5) is 14.9. The summed E-state index contributed by atoms with van der Waals surface area (Å²) < 4.78 is 27.2. The van der Waals surface area contributed by atoms with Gasteiger partial charge in [0.05, 0.1) is 11.7 Å². The highest BCUT2D eigenvalue weighted by molar-refractivity contribution is 7.89. The molecule has 2 aliphatic rings. The van der Waals surface area contributed by atoms with E-state index in [4.69, 9.17) is 0 Å². The maximum atomic E-state index is 13.0. The first-order valence-corrected chi connectivity index (χ1v) is 12.4. The van der Waals surface area contributed by atoms with Gasteiger partial charge in [-0.05, 0) is 44.1 Å². The van der Waals surface area contributed by atoms with Crippen molar-refractivity contribution < 1.29 is 13.2 Å².